The van der Waals surface area contributed by atoms with Gasteiger partial charge in [0.2, 0.25) is 5.91 Å². The number of hydrazine groups is 1. The number of aromatic nitrogens is 1. The van der Waals surface area contributed by atoms with Crippen molar-refractivity contribution in [3.05, 3.63) is 83.0 Å². The van der Waals surface area contributed by atoms with Crippen molar-refractivity contribution in [1.29, 1.82) is 0 Å². The van der Waals surface area contributed by atoms with Crippen LogP contribution in [0, 0.1) is 0 Å². The lowest BCUT2D eigenvalue weighted by Gasteiger charge is -2.14. The molecular weight excluding hydrogens is 420 g/mol. The van der Waals surface area contributed by atoms with Crippen LogP contribution in [0.5, 0.6) is 0 Å². The van der Waals surface area contributed by atoms with Crippen molar-refractivity contribution >= 4 is 52.1 Å². The van der Waals surface area contributed by atoms with Gasteiger partial charge < -0.3 is 0 Å². The van der Waals surface area contributed by atoms with Crippen LogP contribution in [0.3, 0.4) is 0 Å². The minimum absolute atomic E-state index is 0.00377. The van der Waals surface area contributed by atoms with Gasteiger partial charge in [0, 0.05) is 30.9 Å². The highest BCUT2D eigenvalue weighted by Gasteiger charge is 2.31. The van der Waals surface area contributed by atoms with Gasteiger partial charge in [-0.15, -0.1) is 0 Å². The summed E-state index contributed by atoms with van der Waals surface area (Å²) in [7, 11) is 0. The molecule has 0 saturated carbocycles. The van der Waals surface area contributed by atoms with Gasteiger partial charge in [-0.3, -0.25) is 35.1 Å². The number of rotatable bonds is 6. The average Bonchev–Trinajstić information content (AvgIpc) is 3.04. The summed E-state index contributed by atoms with van der Waals surface area (Å²) in [5, 5.41) is 0. The van der Waals surface area contributed by atoms with E-state index in [1.807, 2.05) is 36.4 Å². The molecule has 0 unspecified atom stereocenters. The molecule has 7 nitrogen and oxygen atoms in total. The highest BCUT2D eigenvalue weighted by molar-refractivity contribution is 8.26. The topological polar surface area (TPSA) is 91.4 Å². The molecule has 1 aromatic carbocycles. The molecule has 3 amide bonds. The molecule has 0 radical (unpaired) electrons. The second-order valence-corrected chi connectivity index (χ2v) is 7.79. The number of hydrogen-bond acceptors (Lipinski definition) is 6. The number of nitrogens with zero attached hydrogens (tertiary/aromatic N) is 2. The summed E-state index contributed by atoms with van der Waals surface area (Å²) < 4.78 is 0.396. The predicted octanol–water partition coefficient (Wildman–Crippen LogP) is 2.69. The fraction of sp³-hybridized carbons (Fsp3) is 0.0952. The summed E-state index contributed by atoms with van der Waals surface area (Å²) in [6.45, 7) is 0.126. The van der Waals surface area contributed by atoms with Crippen LogP contribution in [-0.2, 0) is 9.59 Å². The van der Waals surface area contributed by atoms with Gasteiger partial charge in [0.15, 0.2) is 0 Å². The van der Waals surface area contributed by atoms with Gasteiger partial charge >= 0.3 is 0 Å². The zero-order chi connectivity index (χ0) is 21.3. The third-order valence-corrected chi connectivity index (χ3v) is 5.43. The predicted molar refractivity (Wildman–Crippen MR) is 120 cm³/mol. The molecule has 2 N–H and O–H groups in total. The zero-order valence-corrected chi connectivity index (χ0v) is 17.4. The molecule has 9 heteroatoms. The lowest BCUT2D eigenvalue weighted by Crippen LogP contribution is -2.43. The number of allylic oxidation sites excluding steroid dienone is 2. The van der Waals surface area contributed by atoms with E-state index in [9.17, 15) is 14.4 Å². The Morgan fingerprint density at radius 3 is 2.57 bits per heavy atom. The van der Waals surface area contributed by atoms with E-state index in [0.29, 0.717) is 14.8 Å². The molecule has 3 rings (SSSR count). The third kappa shape index (κ3) is 5.85. The van der Waals surface area contributed by atoms with Crippen LogP contribution >= 0.6 is 24.0 Å². The first-order valence-electron chi connectivity index (χ1n) is 9.01. The summed E-state index contributed by atoms with van der Waals surface area (Å²) in [6.07, 6.45) is 8.36. The lowest BCUT2D eigenvalue weighted by atomic mass is 10.2. The maximum atomic E-state index is 12.5. The van der Waals surface area contributed by atoms with E-state index >= 15 is 0 Å². The van der Waals surface area contributed by atoms with E-state index in [1.165, 1.54) is 41.2 Å². The molecule has 152 valence electrons. The van der Waals surface area contributed by atoms with Gasteiger partial charge in [0.1, 0.15) is 4.32 Å². The minimum atomic E-state index is -0.454. The van der Waals surface area contributed by atoms with Crippen molar-refractivity contribution < 1.29 is 14.4 Å². The third-order valence-electron chi connectivity index (χ3n) is 4.03. The van der Waals surface area contributed by atoms with Crippen molar-refractivity contribution in [2.75, 3.05) is 6.54 Å². The minimum Gasteiger partial charge on any atom is -0.292 e. The molecule has 30 heavy (non-hydrogen) atoms. The van der Waals surface area contributed by atoms with Gasteiger partial charge in [0.25, 0.3) is 11.8 Å². The van der Waals surface area contributed by atoms with Crippen LogP contribution < -0.4 is 10.9 Å². The normalized spacial score (nSPS) is 15.1. The Kier molecular flexibility index (Phi) is 7.47. The van der Waals surface area contributed by atoms with Crippen LogP contribution in [-0.4, -0.2) is 38.5 Å². The standard InChI is InChI=1S/C21H18N4O3S2/c26-18(23-24-19(27)16-9-12-22-13-10-16)11-14-25-20(28)17(30-21(25)29)8-4-7-15-5-2-1-3-6-15/h1-10,12-13H,11,14H2,(H,23,26)(H,24,27)/b7-4+,17-8-. The molecule has 1 fully saturated rings. The molecule has 1 aliphatic heterocycles. The van der Waals surface area contributed by atoms with Gasteiger partial charge in [-0.25, -0.2) is 0 Å². The molecule has 2 heterocycles. The monoisotopic (exact) mass is 438 g/mol. The first-order valence-corrected chi connectivity index (χ1v) is 10.2. The van der Waals surface area contributed by atoms with Crippen molar-refractivity contribution in [3.63, 3.8) is 0 Å². The van der Waals surface area contributed by atoms with E-state index in [1.54, 1.807) is 12.2 Å². The molecular formula is C21H18N4O3S2. The number of thioether (sulfide) groups is 1. The number of hydrogen-bond donors (Lipinski definition) is 2. The smallest absolute Gasteiger partial charge is 0.269 e. The summed E-state index contributed by atoms with van der Waals surface area (Å²) in [6, 6.07) is 12.8. The van der Waals surface area contributed by atoms with Crippen LogP contribution in [0.25, 0.3) is 6.08 Å². The lowest BCUT2D eigenvalue weighted by molar-refractivity contribution is -0.124. The number of thiocarbonyl (C=S) groups is 1. The molecule has 1 saturated heterocycles. The van der Waals surface area contributed by atoms with Crippen LogP contribution in [0.4, 0.5) is 0 Å². The number of nitrogens with one attached hydrogen (secondary N) is 2. The van der Waals surface area contributed by atoms with E-state index in [4.69, 9.17) is 12.2 Å². The van der Waals surface area contributed by atoms with Crippen LogP contribution in [0.15, 0.2) is 71.9 Å². The van der Waals surface area contributed by atoms with Gasteiger partial charge in [-0.05, 0) is 23.8 Å². The van der Waals surface area contributed by atoms with Gasteiger partial charge in [-0.2, -0.15) is 0 Å². The second-order valence-electron chi connectivity index (χ2n) is 6.11. The van der Waals surface area contributed by atoms with Crippen LogP contribution in [0.1, 0.15) is 22.3 Å². The first kappa shape index (κ1) is 21.4. The Morgan fingerprint density at radius 2 is 1.83 bits per heavy atom. The fourth-order valence-corrected chi connectivity index (χ4v) is 3.76. The Hall–Kier alpha value is -3.30. The van der Waals surface area contributed by atoms with Gasteiger partial charge in [0.05, 0.1) is 4.91 Å². The number of pyridine rings is 1. The molecule has 0 bridgehead atoms. The first-order chi connectivity index (χ1) is 14.5. The molecule has 2 aromatic rings. The summed E-state index contributed by atoms with van der Waals surface area (Å²) in [5.41, 5.74) is 6.04. The fourth-order valence-electron chi connectivity index (χ4n) is 2.50. The quantitative estimate of drug-likeness (QED) is 0.409. The largest absolute Gasteiger partial charge is 0.292 e. The molecule has 1 aliphatic rings. The SMILES string of the molecule is O=C(CCN1C(=O)/C(=C/C=C/c2ccccc2)SC1=S)NNC(=O)c1ccncc1. The van der Waals surface area contributed by atoms with Crippen LogP contribution in [0.2, 0.25) is 0 Å². The molecule has 0 aliphatic carbocycles. The zero-order valence-electron chi connectivity index (χ0n) is 15.8. The van der Waals surface area contributed by atoms with Crippen molar-refractivity contribution in [2.45, 2.75) is 6.42 Å². The Bertz CT molecular complexity index is 1010. The van der Waals surface area contributed by atoms with Crippen molar-refractivity contribution in [2.24, 2.45) is 0 Å². The summed E-state index contributed by atoms with van der Waals surface area (Å²) in [5.74, 6) is -1.12. The Morgan fingerprint density at radius 1 is 1.10 bits per heavy atom. The molecule has 1 aromatic heterocycles. The number of amides is 3. The maximum absolute atomic E-state index is 12.5. The molecule has 0 atom stereocenters. The maximum Gasteiger partial charge on any atom is 0.269 e. The van der Waals surface area contributed by atoms with Crippen molar-refractivity contribution in [1.82, 2.24) is 20.7 Å². The highest BCUT2D eigenvalue weighted by Crippen LogP contribution is 2.31. The Labute approximate surface area is 183 Å². The Balaban J connectivity index is 1.48. The second kappa shape index (κ2) is 10.5. The van der Waals surface area contributed by atoms with E-state index in [0.717, 1.165) is 5.56 Å². The molecule has 0 spiro atoms. The summed E-state index contributed by atoms with van der Waals surface area (Å²) >= 11 is 6.45. The number of carbonyl (C=O) groups is 3. The van der Waals surface area contributed by atoms with E-state index in [-0.39, 0.29) is 18.9 Å². The van der Waals surface area contributed by atoms with Crippen molar-refractivity contribution in [3.8, 4) is 0 Å². The average molecular weight is 439 g/mol. The van der Waals surface area contributed by atoms with E-state index in [2.05, 4.69) is 15.8 Å². The number of benzene rings is 1. The number of carbonyl (C=O) groups excluding carboxylic acids is 3. The van der Waals surface area contributed by atoms with Gasteiger partial charge in [-0.1, -0.05) is 66.5 Å². The summed E-state index contributed by atoms with van der Waals surface area (Å²) in [4.78, 5) is 42.1. The van der Waals surface area contributed by atoms with E-state index < -0.39 is 11.8 Å². The highest BCUT2D eigenvalue weighted by atomic mass is 32.2.